The standard InChI is InChI=1S/C15H26O/c1-5-8-10-11-13-15(4,12-9-6-2)14(16)7-3/h3H,5-6,8-13H2,1-2,4H3. The quantitative estimate of drug-likeness (QED) is 0.322. The van der Waals surface area contributed by atoms with Crippen molar-refractivity contribution in [2.75, 3.05) is 0 Å². The Kier molecular flexibility index (Phi) is 7.99. The average molecular weight is 222 g/mol. The number of hydrogen-bond donors (Lipinski definition) is 0. The molecule has 0 bridgehead atoms. The van der Waals surface area contributed by atoms with Gasteiger partial charge in [0.2, 0.25) is 5.78 Å². The van der Waals surface area contributed by atoms with Gasteiger partial charge in [-0.3, -0.25) is 4.79 Å². The molecule has 16 heavy (non-hydrogen) atoms. The fourth-order valence-electron chi connectivity index (χ4n) is 2.04. The molecule has 1 unspecified atom stereocenters. The minimum absolute atomic E-state index is 0.00236. The molecule has 1 atom stereocenters. The van der Waals surface area contributed by atoms with E-state index in [1.54, 1.807) is 0 Å². The fraction of sp³-hybridized carbons (Fsp3) is 0.800. The minimum atomic E-state index is -0.265. The first-order chi connectivity index (χ1) is 7.60. The zero-order chi connectivity index (χ0) is 12.4. The van der Waals surface area contributed by atoms with Crippen molar-refractivity contribution < 1.29 is 4.79 Å². The van der Waals surface area contributed by atoms with Crippen molar-refractivity contribution in [2.24, 2.45) is 5.41 Å². The second kappa shape index (κ2) is 8.39. The summed E-state index contributed by atoms with van der Waals surface area (Å²) in [5.74, 6) is 2.31. The summed E-state index contributed by atoms with van der Waals surface area (Å²) in [6.45, 7) is 6.39. The summed E-state index contributed by atoms with van der Waals surface area (Å²) in [5.41, 5.74) is -0.265. The number of rotatable bonds is 9. The molecule has 0 aliphatic rings. The lowest BCUT2D eigenvalue weighted by molar-refractivity contribution is -0.123. The van der Waals surface area contributed by atoms with Crippen molar-refractivity contribution in [3.63, 3.8) is 0 Å². The van der Waals surface area contributed by atoms with E-state index in [-0.39, 0.29) is 11.2 Å². The Bertz CT molecular complexity index is 236. The lowest BCUT2D eigenvalue weighted by atomic mass is 9.76. The Hall–Kier alpha value is -0.770. The summed E-state index contributed by atoms with van der Waals surface area (Å²) >= 11 is 0. The van der Waals surface area contributed by atoms with Gasteiger partial charge < -0.3 is 0 Å². The molecule has 1 nitrogen and oxygen atoms in total. The van der Waals surface area contributed by atoms with E-state index in [0.29, 0.717) is 0 Å². The molecule has 0 saturated heterocycles. The molecule has 0 radical (unpaired) electrons. The second-order valence-electron chi connectivity index (χ2n) is 4.95. The molecule has 92 valence electrons. The van der Waals surface area contributed by atoms with E-state index in [1.165, 1.54) is 19.3 Å². The van der Waals surface area contributed by atoms with E-state index < -0.39 is 0 Å². The molecule has 0 N–H and O–H groups in total. The maximum atomic E-state index is 11.8. The summed E-state index contributed by atoms with van der Waals surface area (Å²) in [6.07, 6.45) is 14.2. The Morgan fingerprint density at radius 1 is 1.06 bits per heavy atom. The van der Waals surface area contributed by atoms with Gasteiger partial charge in [0.05, 0.1) is 0 Å². The van der Waals surface area contributed by atoms with Crippen LogP contribution in [-0.2, 0) is 4.79 Å². The lowest BCUT2D eigenvalue weighted by Gasteiger charge is -2.25. The average Bonchev–Trinajstić information content (AvgIpc) is 2.31. The first-order valence-electron chi connectivity index (χ1n) is 6.61. The Labute approximate surface area is 101 Å². The fourth-order valence-corrected chi connectivity index (χ4v) is 2.04. The molecule has 0 aliphatic heterocycles. The van der Waals surface area contributed by atoms with Crippen molar-refractivity contribution in [2.45, 2.75) is 72.1 Å². The summed E-state index contributed by atoms with van der Waals surface area (Å²) in [7, 11) is 0. The summed E-state index contributed by atoms with van der Waals surface area (Å²) in [5, 5.41) is 0. The topological polar surface area (TPSA) is 17.1 Å². The normalized spacial score (nSPS) is 14.1. The Balaban J connectivity index is 4.20. The maximum absolute atomic E-state index is 11.8. The summed E-state index contributed by atoms with van der Waals surface area (Å²) in [6, 6.07) is 0. The first-order valence-corrected chi connectivity index (χ1v) is 6.61. The Morgan fingerprint density at radius 3 is 2.12 bits per heavy atom. The lowest BCUT2D eigenvalue weighted by Crippen LogP contribution is -2.26. The van der Waals surface area contributed by atoms with Crippen LogP contribution in [0.1, 0.15) is 72.1 Å². The van der Waals surface area contributed by atoms with E-state index in [1.807, 2.05) is 6.92 Å². The van der Waals surface area contributed by atoms with Crippen molar-refractivity contribution in [3.8, 4) is 12.3 Å². The monoisotopic (exact) mass is 222 g/mol. The van der Waals surface area contributed by atoms with Gasteiger partial charge in [0.1, 0.15) is 0 Å². The Morgan fingerprint density at radius 2 is 1.62 bits per heavy atom. The number of ketones is 1. The number of Topliss-reactive ketones (excluding diaryl/α,β-unsaturated/α-hetero) is 1. The van der Waals surface area contributed by atoms with Gasteiger partial charge >= 0.3 is 0 Å². The first kappa shape index (κ1) is 15.2. The highest BCUT2D eigenvalue weighted by Gasteiger charge is 2.30. The number of unbranched alkanes of at least 4 members (excludes halogenated alkanes) is 4. The summed E-state index contributed by atoms with van der Waals surface area (Å²) < 4.78 is 0. The predicted octanol–water partition coefficient (Wildman–Crippen LogP) is 4.36. The van der Waals surface area contributed by atoms with Crippen LogP contribution in [0.3, 0.4) is 0 Å². The molecule has 1 heteroatoms. The van der Waals surface area contributed by atoms with Crippen LogP contribution in [-0.4, -0.2) is 5.78 Å². The van der Waals surface area contributed by atoms with Crippen LogP contribution in [0.2, 0.25) is 0 Å². The summed E-state index contributed by atoms with van der Waals surface area (Å²) in [4.78, 5) is 11.8. The van der Waals surface area contributed by atoms with Gasteiger partial charge in [0.15, 0.2) is 0 Å². The van der Waals surface area contributed by atoms with Crippen LogP contribution in [0, 0.1) is 17.8 Å². The highest BCUT2D eigenvalue weighted by molar-refractivity contribution is 5.99. The molecule has 0 aliphatic carbocycles. The number of hydrogen-bond acceptors (Lipinski definition) is 1. The number of terminal acetylenes is 1. The molecule has 0 rings (SSSR count). The van der Waals surface area contributed by atoms with Gasteiger partial charge in [-0.2, -0.15) is 0 Å². The van der Waals surface area contributed by atoms with E-state index >= 15 is 0 Å². The van der Waals surface area contributed by atoms with E-state index in [9.17, 15) is 4.79 Å². The van der Waals surface area contributed by atoms with E-state index in [2.05, 4.69) is 19.8 Å². The number of carbonyl (C=O) groups is 1. The number of carbonyl (C=O) groups excluding carboxylic acids is 1. The van der Waals surface area contributed by atoms with Crippen LogP contribution in [0.5, 0.6) is 0 Å². The third-order valence-electron chi connectivity index (χ3n) is 3.34. The van der Waals surface area contributed by atoms with Gasteiger partial charge in [0, 0.05) is 5.41 Å². The zero-order valence-electron chi connectivity index (χ0n) is 11.1. The highest BCUT2D eigenvalue weighted by Crippen LogP contribution is 2.31. The van der Waals surface area contributed by atoms with E-state index in [4.69, 9.17) is 6.42 Å². The third kappa shape index (κ3) is 5.35. The van der Waals surface area contributed by atoms with Gasteiger partial charge in [0.25, 0.3) is 0 Å². The third-order valence-corrected chi connectivity index (χ3v) is 3.34. The van der Waals surface area contributed by atoms with Crippen LogP contribution >= 0.6 is 0 Å². The van der Waals surface area contributed by atoms with Crippen LogP contribution in [0.4, 0.5) is 0 Å². The molecule has 0 heterocycles. The van der Waals surface area contributed by atoms with Crippen molar-refractivity contribution in [1.82, 2.24) is 0 Å². The largest absolute Gasteiger partial charge is 0.284 e. The second-order valence-corrected chi connectivity index (χ2v) is 4.95. The molecule has 0 aromatic rings. The van der Waals surface area contributed by atoms with Gasteiger partial charge in [-0.25, -0.2) is 0 Å². The maximum Gasteiger partial charge on any atom is 0.211 e. The molecule has 0 saturated carbocycles. The smallest absolute Gasteiger partial charge is 0.211 e. The molecule has 0 aromatic carbocycles. The van der Waals surface area contributed by atoms with Crippen LogP contribution in [0.25, 0.3) is 0 Å². The SMILES string of the molecule is C#CC(=O)C(C)(CCCC)CCCCCC. The van der Waals surface area contributed by atoms with Crippen molar-refractivity contribution in [1.29, 1.82) is 0 Å². The van der Waals surface area contributed by atoms with E-state index in [0.717, 1.165) is 32.1 Å². The molecule has 0 fully saturated rings. The highest BCUT2D eigenvalue weighted by atomic mass is 16.1. The minimum Gasteiger partial charge on any atom is -0.284 e. The molecular formula is C15H26O. The van der Waals surface area contributed by atoms with Crippen molar-refractivity contribution in [3.05, 3.63) is 0 Å². The van der Waals surface area contributed by atoms with Gasteiger partial charge in [-0.05, 0) is 18.8 Å². The predicted molar refractivity (Wildman–Crippen MR) is 70.2 cm³/mol. The molecule has 0 amide bonds. The van der Waals surface area contributed by atoms with Gasteiger partial charge in [-0.1, -0.05) is 59.3 Å². The molecule has 0 aromatic heterocycles. The van der Waals surface area contributed by atoms with Crippen LogP contribution in [0.15, 0.2) is 0 Å². The molecular weight excluding hydrogens is 196 g/mol. The van der Waals surface area contributed by atoms with Gasteiger partial charge in [-0.15, -0.1) is 6.42 Å². The molecule has 0 spiro atoms. The zero-order valence-corrected chi connectivity index (χ0v) is 11.1. The van der Waals surface area contributed by atoms with Crippen LogP contribution < -0.4 is 0 Å². The van der Waals surface area contributed by atoms with Crippen molar-refractivity contribution >= 4 is 5.78 Å².